The summed E-state index contributed by atoms with van der Waals surface area (Å²) in [5.41, 5.74) is 0.189. The zero-order chi connectivity index (χ0) is 25.3. The molecule has 2 aliphatic heterocycles. The van der Waals surface area contributed by atoms with Crippen molar-refractivity contribution in [2.45, 2.75) is 30.5 Å². The van der Waals surface area contributed by atoms with Crippen LogP contribution in [0.5, 0.6) is 0 Å². The number of benzene rings is 2. The molecule has 0 aliphatic carbocycles. The summed E-state index contributed by atoms with van der Waals surface area (Å²) >= 11 is 0. The SMILES string of the molecule is O=C(Nc1cccc(C(F)(F)F)c1)O[C@@H]1CO[C@H]2[C@@H]1OC[C@@H]2Nc1nccc(-c2cccc(F)c2)n1. The van der Waals surface area contributed by atoms with Gasteiger partial charge < -0.3 is 19.5 Å². The average molecular weight is 504 g/mol. The fourth-order valence-corrected chi connectivity index (χ4v) is 4.15. The van der Waals surface area contributed by atoms with Crippen LogP contribution in [0, 0.1) is 5.82 Å². The van der Waals surface area contributed by atoms with Gasteiger partial charge in [0, 0.05) is 17.4 Å². The Kier molecular flexibility index (Phi) is 6.46. The predicted molar refractivity (Wildman–Crippen MR) is 120 cm³/mol. The highest BCUT2D eigenvalue weighted by molar-refractivity contribution is 5.84. The summed E-state index contributed by atoms with van der Waals surface area (Å²) in [4.78, 5) is 20.9. The highest BCUT2D eigenvalue weighted by atomic mass is 19.4. The lowest BCUT2D eigenvalue weighted by Crippen LogP contribution is -2.38. The zero-order valence-electron chi connectivity index (χ0n) is 18.5. The van der Waals surface area contributed by atoms with E-state index in [4.69, 9.17) is 14.2 Å². The van der Waals surface area contributed by atoms with Crippen molar-refractivity contribution in [1.82, 2.24) is 9.97 Å². The topological polar surface area (TPSA) is 94.6 Å². The summed E-state index contributed by atoms with van der Waals surface area (Å²) in [6.07, 6.45) is -5.72. The minimum absolute atomic E-state index is 0.0486. The van der Waals surface area contributed by atoms with E-state index in [0.717, 1.165) is 12.1 Å². The van der Waals surface area contributed by atoms with Crippen LogP contribution in [0.3, 0.4) is 0 Å². The molecule has 1 aromatic heterocycles. The number of nitrogens with one attached hydrogen (secondary N) is 2. The lowest BCUT2D eigenvalue weighted by molar-refractivity contribution is -0.137. The number of halogens is 4. The summed E-state index contributed by atoms with van der Waals surface area (Å²) < 4.78 is 69.1. The Morgan fingerprint density at radius 3 is 2.64 bits per heavy atom. The van der Waals surface area contributed by atoms with E-state index in [1.54, 1.807) is 24.4 Å². The highest BCUT2D eigenvalue weighted by Gasteiger charge is 2.49. The Bertz CT molecular complexity index is 1260. The molecule has 12 heteroatoms. The molecule has 0 spiro atoms. The van der Waals surface area contributed by atoms with Crippen molar-refractivity contribution in [1.29, 1.82) is 0 Å². The molecule has 3 heterocycles. The van der Waals surface area contributed by atoms with Crippen LogP contribution in [0.1, 0.15) is 5.56 Å². The molecule has 2 N–H and O–H groups in total. The number of amides is 1. The van der Waals surface area contributed by atoms with Crippen molar-refractivity contribution in [3.8, 4) is 11.3 Å². The van der Waals surface area contributed by atoms with Crippen molar-refractivity contribution in [3.63, 3.8) is 0 Å². The van der Waals surface area contributed by atoms with Crippen molar-refractivity contribution in [2.24, 2.45) is 0 Å². The molecule has 8 nitrogen and oxygen atoms in total. The Morgan fingerprint density at radius 1 is 1.03 bits per heavy atom. The van der Waals surface area contributed by atoms with Crippen molar-refractivity contribution < 1.29 is 36.6 Å². The van der Waals surface area contributed by atoms with Crippen molar-refractivity contribution >= 4 is 17.7 Å². The number of ether oxygens (including phenoxy) is 3. The number of fused-ring (bicyclic) bond motifs is 1. The first-order chi connectivity index (χ1) is 17.3. The molecule has 0 saturated carbocycles. The van der Waals surface area contributed by atoms with Crippen molar-refractivity contribution in [3.05, 3.63) is 72.2 Å². The van der Waals surface area contributed by atoms with Crippen LogP contribution in [0.25, 0.3) is 11.3 Å². The predicted octanol–water partition coefficient (Wildman–Crippen LogP) is 4.50. The van der Waals surface area contributed by atoms with Crippen LogP contribution in [0.4, 0.5) is 34.0 Å². The molecule has 2 fully saturated rings. The number of hydrogen-bond donors (Lipinski definition) is 2. The molecular formula is C24H20F4N4O4. The summed E-state index contributed by atoms with van der Waals surface area (Å²) in [6.45, 7) is 0.270. The van der Waals surface area contributed by atoms with E-state index in [1.807, 2.05) is 0 Å². The van der Waals surface area contributed by atoms with E-state index in [0.29, 0.717) is 17.2 Å². The molecule has 0 unspecified atom stereocenters. The van der Waals surface area contributed by atoms with Gasteiger partial charge in [-0.15, -0.1) is 0 Å². The fourth-order valence-electron chi connectivity index (χ4n) is 4.15. The molecule has 188 valence electrons. The van der Waals surface area contributed by atoms with Gasteiger partial charge in [-0.1, -0.05) is 18.2 Å². The van der Waals surface area contributed by atoms with Crippen molar-refractivity contribution in [2.75, 3.05) is 23.8 Å². The Morgan fingerprint density at radius 2 is 1.83 bits per heavy atom. The van der Waals surface area contributed by atoms with Gasteiger partial charge in [-0.3, -0.25) is 5.32 Å². The molecule has 0 radical (unpaired) electrons. The van der Waals surface area contributed by atoms with Gasteiger partial charge in [-0.2, -0.15) is 13.2 Å². The van der Waals surface area contributed by atoms with Gasteiger partial charge in [0.05, 0.1) is 30.5 Å². The smallest absolute Gasteiger partial charge is 0.416 e. The number of hydrogen-bond acceptors (Lipinski definition) is 7. The lowest BCUT2D eigenvalue weighted by atomic mass is 10.1. The number of rotatable bonds is 5. The number of alkyl halides is 3. The van der Waals surface area contributed by atoms with Crippen LogP contribution in [-0.4, -0.2) is 53.6 Å². The number of aromatic nitrogens is 2. The van der Waals surface area contributed by atoms with Gasteiger partial charge >= 0.3 is 12.3 Å². The number of nitrogens with zero attached hydrogens (tertiary/aromatic N) is 2. The maximum Gasteiger partial charge on any atom is 0.416 e. The summed E-state index contributed by atoms with van der Waals surface area (Å²) in [5, 5.41) is 5.45. The average Bonchev–Trinajstić information content (AvgIpc) is 3.42. The number of carbonyl (C=O) groups is 1. The third-order valence-electron chi connectivity index (χ3n) is 5.79. The first-order valence-electron chi connectivity index (χ1n) is 11.0. The molecule has 1 amide bonds. The molecule has 0 bridgehead atoms. The third kappa shape index (κ3) is 5.24. The van der Waals surface area contributed by atoms with Crippen LogP contribution in [-0.2, 0) is 20.4 Å². The van der Waals surface area contributed by atoms with Gasteiger partial charge in [-0.05, 0) is 36.4 Å². The first-order valence-corrected chi connectivity index (χ1v) is 11.0. The largest absolute Gasteiger partial charge is 0.441 e. The quantitative estimate of drug-likeness (QED) is 0.495. The molecule has 36 heavy (non-hydrogen) atoms. The van der Waals surface area contributed by atoms with E-state index in [2.05, 4.69) is 20.6 Å². The zero-order valence-corrected chi connectivity index (χ0v) is 18.5. The van der Waals surface area contributed by atoms with Crippen LogP contribution >= 0.6 is 0 Å². The highest BCUT2D eigenvalue weighted by Crippen LogP contribution is 2.32. The molecule has 2 aliphatic rings. The van der Waals surface area contributed by atoms with Crippen LogP contribution in [0.2, 0.25) is 0 Å². The van der Waals surface area contributed by atoms with E-state index >= 15 is 0 Å². The number of carbonyl (C=O) groups excluding carboxylic acids is 1. The third-order valence-corrected chi connectivity index (χ3v) is 5.79. The Labute approximate surface area is 202 Å². The molecule has 2 aromatic carbocycles. The maximum atomic E-state index is 13.6. The summed E-state index contributed by atoms with van der Waals surface area (Å²) in [5.74, 6) is -0.0867. The molecular weight excluding hydrogens is 484 g/mol. The Balaban J connectivity index is 1.19. The van der Waals surface area contributed by atoms with Gasteiger partial charge in [0.15, 0.2) is 6.10 Å². The normalized spacial score (nSPS) is 23.2. The minimum Gasteiger partial charge on any atom is -0.441 e. The minimum atomic E-state index is -4.53. The molecule has 5 rings (SSSR count). The van der Waals surface area contributed by atoms with Crippen LogP contribution in [0.15, 0.2) is 60.8 Å². The second kappa shape index (κ2) is 9.70. The molecule has 2 saturated heterocycles. The maximum absolute atomic E-state index is 13.6. The standard InChI is InChI=1S/C24H20F4N4O4/c25-15-5-1-3-13(9-15)17-7-8-29-22(31-17)32-18-11-34-21-19(12-35-20(18)21)36-23(33)30-16-6-2-4-14(10-16)24(26,27)28/h1-10,18-21H,11-12H2,(H,30,33)(H,29,31,32)/t18-,19+,20+,21+/m0/s1. The molecule has 3 aromatic rings. The van der Waals surface area contributed by atoms with Gasteiger partial charge in [0.2, 0.25) is 5.95 Å². The second-order valence-corrected chi connectivity index (χ2v) is 8.27. The van der Waals surface area contributed by atoms with Gasteiger partial charge in [0.1, 0.15) is 18.0 Å². The van der Waals surface area contributed by atoms with Gasteiger partial charge in [-0.25, -0.2) is 19.2 Å². The molecule has 4 atom stereocenters. The summed E-state index contributed by atoms with van der Waals surface area (Å²) in [6, 6.07) is 11.6. The number of anilines is 2. The van der Waals surface area contributed by atoms with E-state index < -0.39 is 36.1 Å². The lowest BCUT2D eigenvalue weighted by Gasteiger charge is -2.18. The van der Waals surface area contributed by atoms with E-state index in [9.17, 15) is 22.4 Å². The Hall–Kier alpha value is -3.77. The van der Waals surface area contributed by atoms with E-state index in [-0.39, 0.29) is 30.8 Å². The van der Waals surface area contributed by atoms with Gasteiger partial charge in [0.25, 0.3) is 0 Å². The monoisotopic (exact) mass is 504 g/mol. The first kappa shape index (κ1) is 23.9. The second-order valence-electron chi connectivity index (χ2n) is 8.27. The summed E-state index contributed by atoms with van der Waals surface area (Å²) in [7, 11) is 0. The van der Waals surface area contributed by atoms with E-state index in [1.165, 1.54) is 24.3 Å². The fraction of sp³-hybridized carbons (Fsp3) is 0.292. The van der Waals surface area contributed by atoms with Crippen LogP contribution < -0.4 is 10.6 Å².